The van der Waals surface area contributed by atoms with E-state index in [2.05, 4.69) is 27.8 Å². The van der Waals surface area contributed by atoms with Crippen LogP contribution in [0.25, 0.3) is 17.0 Å². The van der Waals surface area contributed by atoms with Crippen molar-refractivity contribution < 1.29 is 0 Å². The first-order valence-electron chi connectivity index (χ1n) is 9.45. The third-order valence-corrected chi connectivity index (χ3v) is 4.98. The van der Waals surface area contributed by atoms with Gasteiger partial charge in [-0.2, -0.15) is 9.97 Å². The van der Waals surface area contributed by atoms with Gasteiger partial charge in [-0.3, -0.25) is 0 Å². The molecule has 4 N–H and O–H groups in total. The number of hydrogen-bond donors (Lipinski definition) is 3. The van der Waals surface area contributed by atoms with Gasteiger partial charge in [0.05, 0.1) is 11.0 Å². The number of nitrogens with two attached hydrogens (primary N) is 1. The van der Waals surface area contributed by atoms with E-state index in [0.717, 1.165) is 47.6 Å². The molecule has 140 valence electrons. The second kappa shape index (κ2) is 6.84. The van der Waals surface area contributed by atoms with Crippen molar-refractivity contribution in [2.24, 2.45) is 0 Å². The number of nitrogen functional groups attached to an aromatic ring is 1. The zero-order valence-corrected chi connectivity index (χ0v) is 15.4. The molecule has 0 bridgehead atoms. The van der Waals surface area contributed by atoms with Gasteiger partial charge in [0.2, 0.25) is 11.9 Å². The summed E-state index contributed by atoms with van der Waals surface area (Å²) in [5.74, 6) is 2.61. The summed E-state index contributed by atoms with van der Waals surface area (Å²) in [6.07, 6.45) is 2.01. The van der Waals surface area contributed by atoms with Gasteiger partial charge in [0.25, 0.3) is 0 Å². The van der Waals surface area contributed by atoms with Crippen LogP contribution in [0, 0.1) is 0 Å². The first-order chi connectivity index (χ1) is 13.8. The molecule has 0 saturated heterocycles. The SMILES string of the molecule is Nc1nc2ccccc2n1-c1nc2c(c(NCc3ccccc3)n1)CCCN2. The molecule has 7 nitrogen and oxygen atoms in total. The van der Waals surface area contributed by atoms with Crippen molar-refractivity contribution in [1.82, 2.24) is 19.5 Å². The van der Waals surface area contributed by atoms with E-state index in [1.54, 1.807) is 4.57 Å². The number of para-hydroxylation sites is 2. The highest BCUT2D eigenvalue weighted by Gasteiger charge is 2.20. The normalized spacial score (nSPS) is 13.1. The Balaban J connectivity index is 1.60. The largest absolute Gasteiger partial charge is 0.370 e. The number of rotatable bonds is 4. The zero-order valence-electron chi connectivity index (χ0n) is 15.4. The molecule has 1 aliphatic heterocycles. The van der Waals surface area contributed by atoms with E-state index in [0.29, 0.717) is 18.4 Å². The molecule has 0 fully saturated rings. The van der Waals surface area contributed by atoms with Crippen LogP contribution in [-0.2, 0) is 13.0 Å². The molecule has 5 rings (SSSR count). The average molecular weight is 371 g/mol. The fourth-order valence-corrected chi connectivity index (χ4v) is 3.61. The third kappa shape index (κ3) is 2.90. The van der Waals surface area contributed by atoms with Crippen molar-refractivity contribution >= 4 is 28.6 Å². The van der Waals surface area contributed by atoms with E-state index in [1.807, 2.05) is 42.5 Å². The van der Waals surface area contributed by atoms with Gasteiger partial charge in [0.1, 0.15) is 11.6 Å². The van der Waals surface area contributed by atoms with Gasteiger partial charge in [-0.25, -0.2) is 9.55 Å². The van der Waals surface area contributed by atoms with Gasteiger partial charge in [0, 0.05) is 18.7 Å². The topological polar surface area (TPSA) is 93.7 Å². The van der Waals surface area contributed by atoms with E-state index in [1.165, 1.54) is 5.56 Å². The lowest BCUT2D eigenvalue weighted by Crippen LogP contribution is -2.19. The van der Waals surface area contributed by atoms with Crippen LogP contribution < -0.4 is 16.4 Å². The highest BCUT2D eigenvalue weighted by molar-refractivity contribution is 5.80. The second-order valence-electron chi connectivity index (χ2n) is 6.86. The Morgan fingerprint density at radius 1 is 1.00 bits per heavy atom. The Labute approximate surface area is 162 Å². The lowest BCUT2D eigenvalue weighted by atomic mass is 10.1. The van der Waals surface area contributed by atoms with Gasteiger partial charge in [-0.15, -0.1) is 0 Å². The van der Waals surface area contributed by atoms with E-state index >= 15 is 0 Å². The average Bonchev–Trinajstić information content (AvgIpc) is 3.08. The van der Waals surface area contributed by atoms with Crippen molar-refractivity contribution in [2.75, 3.05) is 22.9 Å². The number of imidazole rings is 1. The van der Waals surface area contributed by atoms with Gasteiger partial charge in [-0.1, -0.05) is 42.5 Å². The van der Waals surface area contributed by atoms with Gasteiger partial charge < -0.3 is 16.4 Å². The number of benzene rings is 2. The lowest BCUT2D eigenvalue weighted by molar-refractivity contribution is 0.799. The number of nitrogens with one attached hydrogen (secondary N) is 2. The molecule has 1 aliphatic rings. The molecule has 4 aromatic rings. The predicted octanol–water partition coefficient (Wildman–Crippen LogP) is 3.37. The summed E-state index contributed by atoms with van der Waals surface area (Å²) in [7, 11) is 0. The monoisotopic (exact) mass is 371 g/mol. The van der Waals surface area contributed by atoms with E-state index in [4.69, 9.17) is 15.7 Å². The molecule has 3 heterocycles. The molecule has 0 atom stereocenters. The maximum atomic E-state index is 6.21. The molecule has 0 radical (unpaired) electrons. The number of aromatic nitrogens is 4. The first kappa shape index (κ1) is 16.6. The molecule has 0 unspecified atom stereocenters. The fourth-order valence-electron chi connectivity index (χ4n) is 3.61. The predicted molar refractivity (Wildman–Crippen MR) is 112 cm³/mol. The Morgan fingerprint density at radius 3 is 2.71 bits per heavy atom. The van der Waals surface area contributed by atoms with Crippen LogP contribution in [0.5, 0.6) is 0 Å². The number of hydrogen-bond acceptors (Lipinski definition) is 6. The molecule has 0 saturated carbocycles. The molecular weight excluding hydrogens is 350 g/mol. The summed E-state index contributed by atoms with van der Waals surface area (Å²) in [6, 6.07) is 18.1. The van der Waals surface area contributed by atoms with E-state index in [-0.39, 0.29) is 0 Å². The molecule has 0 amide bonds. The minimum absolute atomic E-state index is 0.381. The minimum atomic E-state index is 0.381. The van der Waals surface area contributed by atoms with Crippen molar-refractivity contribution in [1.29, 1.82) is 0 Å². The fraction of sp³-hybridized carbons (Fsp3) is 0.190. The van der Waals surface area contributed by atoms with Crippen molar-refractivity contribution in [3.05, 3.63) is 65.7 Å². The molecule has 28 heavy (non-hydrogen) atoms. The van der Waals surface area contributed by atoms with Crippen molar-refractivity contribution in [2.45, 2.75) is 19.4 Å². The second-order valence-corrected chi connectivity index (χ2v) is 6.86. The quantitative estimate of drug-likeness (QED) is 0.509. The number of fused-ring (bicyclic) bond motifs is 2. The molecular formula is C21H21N7. The maximum absolute atomic E-state index is 6.21. The standard InChI is InChI=1S/C21H21N7/c22-20-25-16-10-4-5-11-17(16)28(20)21-26-18-15(9-6-12-23-18)19(27-21)24-13-14-7-2-1-3-8-14/h1-5,7-8,10-11H,6,9,12-13H2,(H2,22,25)(H2,23,24,26,27). The number of nitrogens with zero attached hydrogens (tertiary/aromatic N) is 4. The van der Waals surface area contributed by atoms with Crippen molar-refractivity contribution in [3.63, 3.8) is 0 Å². The van der Waals surface area contributed by atoms with Crippen LogP contribution in [0.4, 0.5) is 17.6 Å². The van der Waals surface area contributed by atoms with Crippen LogP contribution >= 0.6 is 0 Å². The van der Waals surface area contributed by atoms with E-state index in [9.17, 15) is 0 Å². The molecule has 0 aliphatic carbocycles. The van der Waals surface area contributed by atoms with Crippen LogP contribution in [-0.4, -0.2) is 26.1 Å². The Hall–Kier alpha value is -3.61. The summed E-state index contributed by atoms with van der Waals surface area (Å²) in [5.41, 5.74) is 10.2. The molecule has 7 heteroatoms. The van der Waals surface area contributed by atoms with E-state index < -0.39 is 0 Å². The van der Waals surface area contributed by atoms with Crippen LogP contribution in [0.2, 0.25) is 0 Å². The summed E-state index contributed by atoms with van der Waals surface area (Å²) in [6.45, 7) is 1.60. The third-order valence-electron chi connectivity index (χ3n) is 4.98. The summed E-state index contributed by atoms with van der Waals surface area (Å²) in [4.78, 5) is 14.0. The smallest absolute Gasteiger partial charge is 0.241 e. The highest BCUT2D eigenvalue weighted by Crippen LogP contribution is 2.29. The summed E-state index contributed by atoms with van der Waals surface area (Å²) < 4.78 is 1.81. The van der Waals surface area contributed by atoms with Gasteiger partial charge >= 0.3 is 0 Å². The van der Waals surface area contributed by atoms with Crippen LogP contribution in [0.15, 0.2) is 54.6 Å². The lowest BCUT2D eigenvalue weighted by Gasteiger charge is -2.21. The zero-order chi connectivity index (χ0) is 18.9. The van der Waals surface area contributed by atoms with Crippen molar-refractivity contribution in [3.8, 4) is 5.95 Å². The number of anilines is 3. The van der Waals surface area contributed by atoms with Crippen LogP contribution in [0.3, 0.4) is 0 Å². The van der Waals surface area contributed by atoms with Gasteiger partial charge in [-0.05, 0) is 30.5 Å². The maximum Gasteiger partial charge on any atom is 0.241 e. The molecule has 2 aromatic carbocycles. The Morgan fingerprint density at radius 2 is 1.82 bits per heavy atom. The Bertz CT molecular complexity index is 1130. The first-order valence-corrected chi connectivity index (χ1v) is 9.45. The Kier molecular flexibility index (Phi) is 4.05. The molecule has 2 aromatic heterocycles. The summed E-state index contributed by atoms with van der Waals surface area (Å²) in [5, 5.41) is 6.90. The molecule has 0 spiro atoms. The summed E-state index contributed by atoms with van der Waals surface area (Å²) >= 11 is 0. The highest BCUT2D eigenvalue weighted by atomic mass is 15.3. The minimum Gasteiger partial charge on any atom is -0.370 e. The van der Waals surface area contributed by atoms with Gasteiger partial charge in [0.15, 0.2) is 0 Å². The van der Waals surface area contributed by atoms with Crippen LogP contribution in [0.1, 0.15) is 17.5 Å².